The number of likely N-dealkylation sites (tertiary alicyclic amines) is 1. The molecule has 0 bridgehead atoms. The Morgan fingerprint density at radius 3 is 3.05 bits per heavy atom. The molecule has 1 saturated heterocycles. The van der Waals surface area contributed by atoms with Gasteiger partial charge in [-0.15, -0.1) is 0 Å². The highest BCUT2D eigenvalue weighted by molar-refractivity contribution is 5.95. The monoisotopic (exact) mass is 287 g/mol. The predicted molar refractivity (Wildman–Crippen MR) is 85.6 cm³/mol. The van der Waals surface area contributed by atoms with E-state index in [1.807, 2.05) is 18.0 Å². The van der Waals surface area contributed by atoms with Gasteiger partial charge in [-0.3, -0.25) is 9.69 Å². The SMILES string of the molecule is CNCC1CCN(CC(=O)N2CCCc3ccccc32)C1. The van der Waals surface area contributed by atoms with E-state index in [0.29, 0.717) is 12.5 Å². The standard InChI is InChI=1S/C17H25N3O/c1-18-11-14-8-10-19(12-14)13-17(21)20-9-4-6-15-5-2-3-7-16(15)20/h2-3,5,7,14,18H,4,6,8-13H2,1H3. The van der Waals surface area contributed by atoms with Crippen LogP contribution in [0.4, 0.5) is 5.69 Å². The topological polar surface area (TPSA) is 35.6 Å². The van der Waals surface area contributed by atoms with Crippen LogP contribution in [-0.2, 0) is 11.2 Å². The van der Waals surface area contributed by atoms with E-state index < -0.39 is 0 Å². The van der Waals surface area contributed by atoms with Crippen molar-refractivity contribution in [2.24, 2.45) is 5.92 Å². The number of rotatable bonds is 4. The molecule has 1 aromatic rings. The molecule has 2 aliphatic rings. The highest BCUT2D eigenvalue weighted by Gasteiger charge is 2.27. The fraction of sp³-hybridized carbons (Fsp3) is 0.588. The second-order valence-corrected chi connectivity index (χ2v) is 6.23. The largest absolute Gasteiger partial charge is 0.319 e. The number of hydrogen-bond acceptors (Lipinski definition) is 3. The lowest BCUT2D eigenvalue weighted by atomic mass is 10.0. The van der Waals surface area contributed by atoms with E-state index in [1.165, 1.54) is 12.0 Å². The minimum atomic E-state index is 0.257. The molecule has 0 radical (unpaired) electrons. The van der Waals surface area contributed by atoms with E-state index in [1.54, 1.807) is 0 Å². The summed E-state index contributed by atoms with van der Waals surface area (Å²) in [4.78, 5) is 16.9. The molecular weight excluding hydrogens is 262 g/mol. The maximum absolute atomic E-state index is 12.6. The van der Waals surface area contributed by atoms with E-state index in [9.17, 15) is 4.79 Å². The lowest BCUT2D eigenvalue weighted by Gasteiger charge is -2.31. The Balaban J connectivity index is 1.62. The normalized spacial score (nSPS) is 22.3. The average Bonchev–Trinajstić information content (AvgIpc) is 2.94. The van der Waals surface area contributed by atoms with Crippen molar-refractivity contribution < 1.29 is 4.79 Å². The van der Waals surface area contributed by atoms with Crippen LogP contribution in [0.3, 0.4) is 0 Å². The van der Waals surface area contributed by atoms with Crippen LogP contribution in [0, 0.1) is 5.92 Å². The Kier molecular flexibility index (Phi) is 4.56. The molecule has 4 nitrogen and oxygen atoms in total. The summed E-state index contributed by atoms with van der Waals surface area (Å²) in [7, 11) is 2.00. The van der Waals surface area contributed by atoms with Crippen molar-refractivity contribution in [2.75, 3.05) is 44.7 Å². The second kappa shape index (κ2) is 6.58. The van der Waals surface area contributed by atoms with Gasteiger partial charge in [-0.2, -0.15) is 0 Å². The summed E-state index contributed by atoms with van der Waals surface area (Å²) in [5.41, 5.74) is 2.44. The van der Waals surface area contributed by atoms with Gasteiger partial charge in [0.2, 0.25) is 5.91 Å². The molecule has 1 aromatic carbocycles. The van der Waals surface area contributed by atoms with Crippen LogP contribution in [0.2, 0.25) is 0 Å². The van der Waals surface area contributed by atoms with Gasteiger partial charge >= 0.3 is 0 Å². The summed E-state index contributed by atoms with van der Waals surface area (Å²) < 4.78 is 0. The van der Waals surface area contributed by atoms with Gasteiger partial charge in [-0.1, -0.05) is 18.2 Å². The van der Waals surface area contributed by atoms with Crippen molar-refractivity contribution in [3.05, 3.63) is 29.8 Å². The van der Waals surface area contributed by atoms with Crippen molar-refractivity contribution in [2.45, 2.75) is 19.3 Å². The maximum Gasteiger partial charge on any atom is 0.241 e. The molecule has 1 N–H and O–H groups in total. The summed E-state index contributed by atoms with van der Waals surface area (Å²) in [5.74, 6) is 0.948. The Labute approximate surface area is 127 Å². The predicted octanol–water partition coefficient (Wildman–Crippen LogP) is 1.51. The quantitative estimate of drug-likeness (QED) is 0.912. The Hall–Kier alpha value is -1.39. The minimum absolute atomic E-state index is 0.257. The Morgan fingerprint density at radius 1 is 1.33 bits per heavy atom. The smallest absolute Gasteiger partial charge is 0.241 e. The number of para-hydroxylation sites is 1. The van der Waals surface area contributed by atoms with Gasteiger partial charge in [0.25, 0.3) is 0 Å². The van der Waals surface area contributed by atoms with Gasteiger partial charge in [0.15, 0.2) is 0 Å². The lowest BCUT2D eigenvalue weighted by molar-refractivity contribution is -0.119. The van der Waals surface area contributed by atoms with Crippen molar-refractivity contribution in [1.82, 2.24) is 10.2 Å². The number of carbonyl (C=O) groups excluding carboxylic acids is 1. The van der Waals surface area contributed by atoms with Gasteiger partial charge in [0.1, 0.15) is 0 Å². The van der Waals surface area contributed by atoms with Crippen LogP contribution >= 0.6 is 0 Å². The number of nitrogens with zero attached hydrogens (tertiary/aromatic N) is 2. The maximum atomic E-state index is 12.6. The summed E-state index contributed by atoms with van der Waals surface area (Å²) >= 11 is 0. The minimum Gasteiger partial charge on any atom is -0.319 e. The highest BCUT2D eigenvalue weighted by atomic mass is 16.2. The number of aryl methyl sites for hydroxylation is 1. The molecule has 0 aromatic heterocycles. The zero-order valence-corrected chi connectivity index (χ0v) is 12.8. The third kappa shape index (κ3) is 3.27. The molecule has 1 fully saturated rings. The number of benzene rings is 1. The van der Waals surface area contributed by atoms with Crippen LogP contribution in [0.25, 0.3) is 0 Å². The van der Waals surface area contributed by atoms with Crippen molar-refractivity contribution in [3.63, 3.8) is 0 Å². The third-order valence-electron chi connectivity index (χ3n) is 4.63. The number of nitrogens with one attached hydrogen (secondary N) is 1. The van der Waals surface area contributed by atoms with Crippen LogP contribution < -0.4 is 10.2 Å². The summed E-state index contributed by atoms with van der Waals surface area (Å²) in [6.07, 6.45) is 3.36. The zero-order valence-electron chi connectivity index (χ0n) is 12.8. The molecule has 2 heterocycles. The number of carbonyl (C=O) groups is 1. The van der Waals surface area contributed by atoms with E-state index in [2.05, 4.69) is 28.4 Å². The van der Waals surface area contributed by atoms with Gasteiger partial charge in [0.05, 0.1) is 6.54 Å². The van der Waals surface area contributed by atoms with E-state index >= 15 is 0 Å². The van der Waals surface area contributed by atoms with Crippen molar-refractivity contribution >= 4 is 11.6 Å². The third-order valence-corrected chi connectivity index (χ3v) is 4.63. The molecule has 114 valence electrons. The van der Waals surface area contributed by atoms with Crippen LogP contribution in [-0.4, -0.2) is 50.6 Å². The van der Waals surface area contributed by atoms with Gasteiger partial charge in [0, 0.05) is 18.8 Å². The molecule has 1 atom stereocenters. The van der Waals surface area contributed by atoms with Crippen LogP contribution in [0.5, 0.6) is 0 Å². The first-order valence-electron chi connectivity index (χ1n) is 8.03. The van der Waals surface area contributed by atoms with E-state index in [-0.39, 0.29) is 5.91 Å². The first-order valence-corrected chi connectivity index (χ1v) is 8.03. The zero-order chi connectivity index (χ0) is 14.7. The van der Waals surface area contributed by atoms with Crippen molar-refractivity contribution in [1.29, 1.82) is 0 Å². The molecule has 0 spiro atoms. The fourth-order valence-corrected chi connectivity index (χ4v) is 3.58. The highest BCUT2D eigenvalue weighted by Crippen LogP contribution is 2.27. The van der Waals surface area contributed by atoms with Crippen LogP contribution in [0.15, 0.2) is 24.3 Å². The molecule has 3 rings (SSSR count). The van der Waals surface area contributed by atoms with E-state index in [4.69, 9.17) is 0 Å². The van der Waals surface area contributed by atoms with Crippen LogP contribution in [0.1, 0.15) is 18.4 Å². The molecule has 4 heteroatoms. The fourth-order valence-electron chi connectivity index (χ4n) is 3.58. The molecule has 1 unspecified atom stereocenters. The second-order valence-electron chi connectivity index (χ2n) is 6.23. The lowest BCUT2D eigenvalue weighted by Crippen LogP contribution is -2.42. The van der Waals surface area contributed by atoms with Gasteiger partial charge in [-0.05, 0) is 56.9 Å². The number of amides is 1. The first kappa shape index (κ1) is 14.5. The molecule has 0 aliphatic carbocycles. The molecule has 1 amide bonds. The number of hydrogen-bond donors (Lipinski definition) is 1. The Bertz CT molecular complexity index is 503. The molecule has 0 saturated carbocycles. The van der Waals surface area contributed by atoms with Gasteiger partial charge in [-0.25, -0.2) is 0 Å². The summed E-state index contributed by atoms with van der Waals surface area (Å²) in [6.45, 7) is 4.57. The molecule has 2 aliphatic heterocycles. The first-order chi connectivity index (χ1) is 10.3. The molecule has 21 heavy (non-hydrogen) atoms. The van der Waals surface area contributed by atoms with Crippen molar-refractivity contribution in [3.8, 4) is 0 Å². The Morgan fingerprint density at radius 2 is 2.19 bits per heavy atom. The van der Waals surface area contributed by atoms with Gasteiger partial charge < -0.3 is 10.2 Å². The average molecular weight is 287 g/mol. The summed E-state index contributed by atoms with van der Waals surface area (Å²) in [6, 6.07) is 8.33. The summed E-state index contributed by atoms with van der Waals surface area (Å²) in [5, 5.41) is 3.24. The van der Waals surface area contributed by atoms with E-state index in [0.717, 1.165) is 44.7 Å². The number of fused-ring (bicyclic) bond motifs is 1. The number of anilines is 1. The molecular formula is C17H25N3O.